The van der Waals surface area contributed by atoms with Gasteiger partial charge in [-0.3, -0.25) is 14.6 Å². The maximum atomic E-state index is 13.3. The van der Waals surface area contributed by atoms with Gasteiger partial charge in [-0.2, -0.15) is 5.10 Å². The van der Waals surface area contributed by atoms with E-state index in [1.54, 1.807) is 39.1 Å². The lowest BCUT2D eigenvalue weighted by atomic mass is 10.1. The average Bonchev–Trinajstić information content (AvgIpc) is 3.68. The first-order chi connectivity index (χ1) is 18.0. The lowest BCUT2D eigenvalue weighted by molar-refractivity contribution is 0.0938. The van der Waals surface area contributed by atoms with Crippen LogP contribution in [0.2, 0.25) is 0 Å². The van der Waals surface area contributed by atoms with Crippen LogP contribution in [0.5, 0.6) is 0 Å². The van der Waals surface area contributed by atoms with E-state index in [1.807, 2.05) is 29.8 Å². The summed E-state index contributed by atoms with van der Waals surface area (Å²) < 4.78 is 1.69. The molecule has 5 rings (SSSR count). The number of nitrogens with zero attached hydrogens (tertiary/aromatic N) is 6. The number of urea groups is 1. The molecule has 0 aliphatic carbocycles. The van der Waals surface area contributed by atoms with Gasteiger partial charge in [-0.05, 0) is 49.7 Å². The molecule has 1 saturated heterocycles. The molecule has 0 spiro atoms. The van der Waals surface area contributed by atoms with E-state index in [9.17, 15) is 9.59 Å². The fourth-order valence-electron chi connectivity index (χ4n) is 4.54. The quantitative estimate of drug-likeness (QED) is 0.351. The van der Waals surface area contributed by atoms with Crippen molar-refractivity contribution < 1.29 is 9.59 Å². The summed E-state index contributed by atoms with van der Waals surface area (Å²) in [6.45, 7) is 9.66. The molecule has 0 radical (unpaired) electrons. The Bertz CT molecular complexity index is 1410. The summed E-state index contributed by atoms with van der Waals surface area (Å²) in [5.74, 6) is 0.204. The van der Waals surface area contributed by atoms with Crippen molar-refractivity contribution in [3.8, 4) is 21.8 Å². The highest BCUT2D eigenvalue weighted by molar-refractivity contribution is 7.13. The SMILES string of the molecule is CCN(CC)C(C)CNC(=O)c1cc(-c2cnn3ccc(-c4cccs4)nc23)nc(N2CCNC2=O)c1. The molecular weight excluding hydrogens is 488 g/mol. The van der Waals surface area contributed by atoms with E-state index in [2.05, 4.69) is 41.4 Å². The zero-order valence-corrected chi connectivity index (χ0v) is 22.0. The lowest BCUT2D eigenvalue weighted by Gasteiger charge is -2.26. The van der Waals surface area contributed by atoms with Gasteiger partial charge in [0, 0.05) is 37.4 Å². The van der Waals surface area contributed by atoms with Gasteiger partial charge in [-0.25, -0.2) is 19.3 Å². The molecule has 3 amide bonds. The first-order valence-corrected chi connectivity index (χ1v) is 13.3. The third kappa shape index (κ3) is 5.05. The van der Waals surface area contributed by atoms with Gasteiger partial charge in [-0.1, -0.05) is 19.9 Å². The first-order valence-electron chi connectivity index (χ1n) is 12.5. The van der Waals surface area contributed by atoms with Crippen LogP contribution < -0.4 is 15.5 Å². The van der Waals surface area contributed by atoms with Crippen LogP contribution in [0.15, 0.2) is 48.1 Å². The molecule has 1 aliphatic rings. The molecule has 192 valence electrons. The second kappa shape index (κ2) is 10.7. The molecular formula is C26H30N8O2S. The molecule has 11 heteroatoms. The molecule has 1 atom stereocenters. The number of aromatic nitrogens is 4. The van der Waals surface area contributed by atoms with Crippen molar-refractivity contribution in [2.24, 2.45) is 0 Å². The van der Waals surface area contributed by atoms with E-state index < -0.39 is 0 Å². The van der Waals surface area contributed by atoms with Crippen LogP contribution in [0.1, 0.15) is 31.1 Å². The van der Waals surface area contributed by atoms with Gasteiger partial charge in [0.05, 0.1) is 28.0 Å². The van der Waals surface area contributed by atoms with Crippen LogP contribution in [0.4, 0.5) is 10.6 Å². The van der Waals surface area contributed by atoms with Crippen molar-refractivity contribution in [3.05, 3.63) is 53.7 Å². The largest absolute Gasteiger partial charge is 0.350 e. The average molecular weight is 519 g/mol. The molecule has 0 aromatic carbocycles. The minimum atomic E-state index is -0.232. The van der Waals surface area contributed by atoms with E-state index in [4.69, 9.17) is 9.97 Å². The number of pyridine rings is 1. The molecule has 1 unspecified atom stereocenters. The highest BCUT2D eigenvalue weighted by atomic mass is 32.1. The van der Waals surface area contributed by atoms with E-state index in [0.29, 0.717) is 47.9 Å². The predicted octanol–water partition coefficient (Wildman–Crippen LogP) is 3.51. The Morgan fingerprint density at radius 3 is 2.76 bits per heavy atom. The molecule has 4 aromatic rings. The number of rotatable bonds is 9. The highest BCUT2D eigenvalue weighted by Crippen LogP contribution is 2.29. The van der Waals surface area contributed by atoms with E-state index in [1.165, 1.54) is 0 Å². The van der Waals surface area contributed by atoms with E-state index in [-0.39, 0.29) is 18.0 Å². The van der Waals surface area contributed by atoms with Gasteiger partial charge in [0.15, 0.2) is 5.65 Å². The number of nitrogens with one attached hydrogen (secondary N) is 2. The summed E-state index contributed by atoms with van der Waals surface area (Å²) >= 11 is 1.61. The van der Waals surface area contributed by atoms with Crippen molar-refractivity contribution in [2.75, 3.05) is 37.6 Å². The van der Waals surface area contributed by atoms with Crippen LogP contribution in [-0.2, 0) is 0 Å². The molecule has 0 saturated carbocycles. The number of amides is 3. The Morgan fingerprint density at radius 2 is 2.05 bits per heavy atom. The summed E-state index contributed by atoms with van der Waals surface area (Å²) in [4.78, 5) is 40.2. The van der Waals surface area contributed by atoms with Crippen LogP contribution in [0.25, 0.3) is 27.5 Å². The van der Waals surface area contributed by atoms with Crippen molar-refractivity contribution in [1.29, 1.82) is 0 Å². The third-order valence-electron chi connectivity index (χ3n) is 6.62. The fraction of sp³-hybridized carbons (Fsp3) is 0.346. The van der Waals surface area contributed by atoms with Gasteiger partial charge in [0.2, 0.25) is 0 Å². The van der Waals surface area contributed by atoms with Crippen molar-refractivity contribution in [3.63, 3.8) is 0 Å². The molecule has 1 fully saturated rings. The van der Waals surface area contributed by atoms with Crippen molar-refractivity contribution in [1.82, 2.24) is 35.1 Å². The molecule has 5 heterocycles. The minimum Gasteiger partial charge on any atom is -0.350 e. The van der Waals surface area contributed by atoms with Crippen LogP contribution >= 0.6 is 11.3 Å². The maximum Gasteiger partial charge on any atom is 0.323 e. The smallest absolute Gasteiger partial charge is 0.323 e. The second-order valence-electron chi connectivity index (χ2n) is 8.88. The number of fused-ring (bicyclic) bond motifs is 1. The van der Waals surface area contributed by atoms with Crippen LogP contribution in [0.3, 0.4) is 0 Å². The van der Waals surface area contributed by atoms with E-state index in [0.717, 1.165) is 23.7 Å². The topological polar surface area (TPSA) is 108 Å². The predicted molar refractivity (Wildman–Crippen MR) is 145 cm³/mol. The Balaban J connectivity index is 1.52. The summed E-state index contributed by atoms with van der Waals surface area (Å²) in [6.07, 6.45) is 3.56. The Kier molecular flexibility index (Phi) is 7.15. The molecule has 37 heavy (non-hydrogen) atoms. The summed E-state index contributed by atoms with van der Waals surface area (Å²) in [5, 5.41) is 12.3. The third-order valence-corrected chi connectivity index (χ3v) is 7.51. The Morgan fingerprint density at radius 1 is 1.22 bits per heavy atom. The fourth-order valence-corrected chi connectivity index (χ4v) is 5.24. The number of likely N-dealkylation sites (N-methyl/N-ethyl adjacent to an activating group) is 1. The molecule has 10 nitrogen and oxygen atoms in total. The van der Waals surface area contributed by atoms with Crippen molar-refractivity contribution >= 4 is 34.7 Å². The Hall–Kier alpha value is -3.83. The normalized spacial score (nSPS) is 14.4. The zero-order valence-electron chi connectivity index (χ0n) is 21.1. The van der Waals surface area contributed by atoms with Gasteiger partial charge in [-0.15, -0.1) is 11.3 Å². The van der Waals surface area contributed by atoms with Crippen molar-refractivity contribution in [2.45, 2.75) is 26.8 Å². The first kappa shape index (κ1) is 24.8. The van der Waals surface area contributed by atoms with Gasteiger partial charge < -0.3 is 10.6 Å². The zero-order chi connectivity index (χ0) is 25.9. The molecule has 2 N–H and O–H groups in total. The standard InChI is InChI=1S/C26H30N8O2S/c1-4-32(5-2)17(3)15-28-25(35)18-13-21(30-23(14-18)33-11-9-27-26(33)36)19-16-29-34-10-8-20(31-24(19)34)22-7-6-12-37-22/h6-8,10,12-14,16-17H,4-5,9,11,15H2,1-3H3,(H,27,36)(H,28,35). The summed E-state index contributed by atoms with van der Waals surface area (Å²) in [7, 11) is 0. The van der Waals surface area contributed by atoms with E-state index >= 15 is 0 Å². The Labute approximate surface area is 219 Å². The number of hydrogen-bond donors (Lipinski definition) is 2. The highest BCUT2D eigenvalue weighted by Gasteiger charge is 2.25. The number of carbonyl (C=O) groups is 2. The summed E-state index contributed by atoms with van der Waals surface area (Å²) in [6, 6.07) is 9.30. The van der Waals surface area contributed by atoms with Crippen LogP contribution in [0, 0.1) is 0 Å². The number of thiophene rings is 1. The lowest BCUT2D eigenvalue weighted by Crippen LogP contribution is -2.42. The number of anilines is 1. The van der Waals surface area contributed by atoms with Gasteiger partial charge >= 0.3 is 6.03 Å². The monoisotopic (exact) mass is 518 g/mol. The molecule has 0 bridgehead atoms. The minimum absolute atomic E-state index is 0.198. The van der Waals surface area contributed by atoms with Crippen LogP contribution in [-0.4, -0.2) is 75.2 Å². The molecule has 1 aliphatic heterocycles. The van der Waals surface area contributed by atoms with Gasteiger partial charge in [0.1, 0.15) is 5.82 Å². The number of hydrogen-bond acceptors (Lipinski definition) is 7. The maximum absolute atomic E-state index is 13.3. The summed E-state index contributed by atoms with van der Waals surface area (Å²) in [5.41, 5.74) is 3.11. The van der Waals surface area contributed by atoms with Gasteiger partial charge in [0.25, 0.3) is 5.91 Å². The number of carbonyl (C=O) groups excluding carboxylic acids is 2. The second-order valence-corrected chi connectivity index (χ2v) is 9.83. The molecule has 4 aromatic heterocycles.